The predicted molar refractivity (Wildman–Crippen MR) is 285 cm³/mol. The number of aromatic nitrogens is 3. The van der Waals surface area contributed by atoms with Crippen LogP contribution in [-0.4, -0.2) is 19.6 Å². The number of hydrogen-bond acceptors (Lipinski definition) is 3. The Labute approximate surface area is 442 Å². The first-order chi connectivity index (χ1) is 37.6. The molecule has 0 saturated carbocycles. The van der Waals surface area contributed by atoms with E-state index < -0.39 is 89.9 Å². The summed E-state index contributed by atoms with van der Waals surface area (Å²) in [6.07, 6.45) is 0.225. The third-order valence-corrected chi connectivity index (χ3v) is 12.9. The molecular formula is C63H70N3OPt-. The van der Waals surface area contributed by atoms with Crippen LogP contribution in [0.1, 0.15) is 158 Å². The third-order valence-electron chi connectivity index (χ3n) is 12.9. The minimum atomic E-state index is -3.84. The Bertz CT molecular complexity index is 3780. The van der Waals surface area contributed by atoms with Gasteiger partial charge in [-0.15, -0.1) is 29.3 Å². The number of para-hydroxylation sites is 1. The number of hydrogen-bond donors (Lipinski definition) is 1. The maximum atomic E-state index is 12.7. The van der Waals surface area contributed by atoms with Gasteiger partial charge in [0.2, 0.25) is 0 Å². The van der Waals surface area contributed by atoms with Crippen LogP contribution in [-0.2, 0) is 48.1 Å². The SMILES string of the molecule is [2H]c1cc(-c2c([2H])c([2H])nc(-c3[c-]c(-c4cccc5c4nc(-c4cc(C(C)(C)C)cc(C(C)(C)C)c4O)n5-c4ccc(C(C)(C)CC)cc4-c4ccccc4)cc(C(C)(C)C)c3)c2[2H])c([2H])c([2H])c1C(C([2H])([2H])[2H])(C([2H])([2H])[2H])C([2H])([2H])[2H].[Pt]. The summed E-state index contributed by atoms with van der Waals surface area (Å²) >= 11 is 0. The molecule has 0 saturated heterocycles. The van der Waals surface area contributed by atoms with Crippen LogP contribution in [0.25, 0.3) is 72.7 Å². The van der Waals surface area contributed by atoms with Crippen molar-refractivity contribution in [3.63, 3.8) is 0 Å². The Morgan fingerprint density at radius 1 is 0.603 bits per heavy atom. The third kappa shape index (κ3) is 9.95. The van der Waals surface area contributed by atoms with Crippen molar-refractivity contribution in [2.24, 2.45) is 0 Å². The smallest absolute Gasteiger partial charge is 0.148 e. The zero-order chi connectivity index (χ0) is 61.2. The van der Waals surface area contributed by atoms with Gasteiger partial charge in [0.1, 0.15) is 11.6 Å². The molecule has 0 radical (unpaired) electrons. The molecule has 0 bridgehead atoms. The molecule has 0 fully saturated rings. The fourth-order valence-corrected chi connectivity index (χ4v) is 8.29. The van der Waals surface area contributed by atoms with Crippen LogP contribution in [0.3, 0.4) is 0 Å². The molecule has 0 unspecified atom stereocenters. The first-order valence-corrected chi connectivity index (χ1v) is 22.9. The topological polar surface area (TPSA) is 50.9 Å². The maximum absolute atomic E-state index is 12.7. The second-order valence-electron chi connectivity index (χ2n) is 21.4. The van der Waals surface area contributed by atoms with E-state index in [2.05, 4.69) is 114 Å². The van der Waals surface area contributed by atoms with Crippen molar-refractivity contribution in [3.8, 4) is 67.5 Å². The quantitative estimate of drug-likeness (QED) is 0.154. The molecule has 8 rings (SSSR count). The summed E-state index contributed by atoms with van der Waals surface area (Å²) in [6, 6.07) is 30.1. The fraction of sp³-hybridized carbons (Fsp3) is 0.333. The second kappa shape index (κ2) is 18.4. The van der Waals surface area contributed by atoms with Crippen LogP contribution >= 0.6 is 0 Å². The minimum absolute atomic E-state index is 0. The van der Waals surface area contributed by atoms with Crippen molar-refractivity contribution >= 4 is 11.0 Å². The van der Waals surface area contributed by atoms with E-state index in [1.54, 1.807) is 6.07 Å². The number of benzene rings is 6. The number of imidazole rings is 1. The van der Waals surface area contributed by atoms with Crippen molar-refractivity contribution in [1.29, 1.82) is 0 Å². The van der Waals surface area contributed by atoms with Crippen LogP contribution in [0.2, 0.25) is 0 Å². The van der Waals surface area contributed by atoms with E-state index in [0.717, 1.165) is 51.6 Å². The number of rotatable bonds is 8. The molecule has 0 aliphatic heterocycles. The molecular weight excluding hydrogens is 1010 g/mol. The van der Waals surface area contributed by atoms with Gasteiger partial charge in [0.25, 0.3) is 0 Å². The molecule has 0 aliphatic carbocycles. The number of fused-ring (bicyclic) bond motifs is 1. The van der Waals surface area contributed by atoms with Gasteiger partial charge in [-0.25, -0.2) is 4.98 Å². The standard InChI is InChI=1S/C63H70N3O.Pt/c1-16-63(14,15)46-29-30-54(50(37-46)41-21-18-17-19-22-41)66-55-24-20-23-49(56(55)65-58(66)51-38-48(61(8,9)10)39-52(57(51)67)62(11,12)13)43-33-44(35-47(34-43)60(5,6)7)53-36-42(31-32-64-53)40-25-27-45(28-26-40)59(2,3)4;/h17-32,34-39,67H,16H2,1-15H3;/q-1;/i2D3,3D3,4D3,25D,27D,28D,31D,32D,36D;. The van der Waals surface area contributed by atoms with Gasteiger partial charge >= 0.3 is 0 Å². The zero-order valence-electron chi connectivity index (χ0n) is 56.0. The Hall–Kier alpha value is -5.57. The van der Waals surface area contributed by atoms with Gasteiger partial charge in [0, 0.05) is 56.4 Å². The largest absolute Gasteiger partial charge is 0.507 e. The molecule has 4 nitrogen and oxygen atoms in total. The first-order valence-electron chi connectivity index (χ1n) is 30.4. The summed E-state index contributed by atoms with van der Waals surface area (Å²) in [7, 11) is 0. The summed E-state index contributed by atoms with van der Waals surface area (Å²) in [5.41, 5.74) is 1.74. The Kier molecular flexibility index (Phi) is 9.16. The second-order valence-corrected chi connectivity index (χ2v) is 21.4. The molecule has 6 aromatic carbocycles. The number of phenolic OH excluding ortho intramolecular Hbond substituents is 1. The van der Waals surface area contributed by atoms with Crippen molar-refractivity contribution in [2.45, 2.75) is 137 Å². The molecule has 0 aliphatic rings. The van der Waals surface area contributed by atoms with Crippen molar-refractivity contribution in [2.75, 3.05) is 0 Å². The monoisotopic (exact) mass is 1090 g/mol. The van der Waals surface area contributed by atoms with E-state index in [1.165, 1.54) is 0 Å². The summed E-state index contributed by atoms with van der Waals surface area (Å²) in [4.78, 5) is 10.0. The van der Waals surface area contributed by atoms with Crippen molar-refractivity contribution in [3.05, 3.63) is 167 Å². The normalized spacial score (nSPS) is 16.4. The molecule has 5 heteroatoms. The zero-order valence-corrected chi connectivity index (χ0v) is 43.3. The van der Waals surface area contributed by atoms with Crippen LogP contribution < -0.4 is 0 Å². The number of pyridine rings is 1. The molecule has 2 heterocycles. The fourth-order valence-electron chi connectivity index (χ4n) is 8.29. The van der Waals surface area contributed by atoms with Gasteiger partial charge in [-0.3, -0.25) is 9.55 Å². The van der Waals surface area contributed by atoms with Gasteiger partial charge in [-0.2, -0.15) is 0 Å². The van der Waals surface area contributed by atoms with Gasteiger partial charge in [-0.1, -0.05) is 200 Å². The summed E-state index contributed by atoms with van der Waals surface area (Å²) in [6.45, 7) is 13.7. The molecule has 2 aromatic heterocycles. The van der Waals surface area contributed by atoms with Gasteiger partial charge in [0.15, 0.2) is 0 Å². The van der Waals surface area contributed by atoms with E-state index in [0.29, 0.717) is 33.5 Å². The van der Waals surface area contributed by atoms with Crippen LogP contribution in [0.5, 0.6) is 5.75 Å². The Morgan fingerprint density at radius 2 is 1.28 bits per heavy atom. The molecule has 354 valence electrons. The van der Waals surface area contributed by atoms with Crippen LogP contribution in [0, 0.1) is 6.07 Å². The van der Waals surface area contributed by atoms with Crippen LogP contribution in [0.15, 0.2) is 133 Å². The molecule has 0 atom stereocenters. The maximum Gasteiger partial charge on any atom is 0.148 e. The van der Waals surface area contributed by atoms with Gasteiger partial charge in [-0.05, 0) is 97.2 Å². The Balaban J connectivity index is 0.00000990. The van der Waals surface area contributed by atoms with E-state index in [4.69, 9.17) is 22.8 Å². The van der Waals surface area contributed by atoms with Gasteiger partial charge < -0.3 is 5.11 Å². The number of nitrogens with zero attached hydrogens (tertiary/aromatic N) is 3. The average molecular weight is 1100 g/mol. The van der Waals surface area contributed by atoms with Gasteiger partial charge in [0.05, 0.1) is 30.5 Å². The molecule has 0 amide bonds. The summed E-state index contributed by atoms with van der Waals surface area (Å²) in [5.74, 6) is 0.564. The molecule has 68 heavy (non-hydrogen) atoms. The number of aromatic hydroxyl groups is 1. The average Bonchev–Trinajstić information content (AvgIpc) is 2.02. The molecule has 0 spiro atoms. The van der Waals surface area contributed by atoms with Crippen molar-refractivity contribution < 1.29 is 46.7 Å². The van der Waals surface area contributed by atoms with Crippen LogP contribution in [0.4, 0.5) is 0 Å². The van der Waals surface area contributed by atoms with E-state index in [9.17, 15) is 7.85 Å². The minimum Gasteiger partial charge on any atom is -0.507 e. The summed E-state index contributed by atoms with van der Waals surface area (Å²) < 4.78 is 132. The molecule has 1 N–H and O–H groups in total. The van der Waals surface area contributed by atoms with E-state index in [1.807, 2.05) is 69.3 Å². The molecule has 8 aromatic rings. The Morgan fingerprint density at radius 3 is 1.94 bits per heavy atom. The van der Waals surface area contributed by atoms with E-state index >= 15 is 0 Å². The summed E-state index contributed by atoms with van der Waals surface area (Å²) in [5, 5.41) is 12.7. The predicted octanol–water partition coefficient (Wildman–Crippen LogP) is 17.1. The van der Waals surface area contributed by atoms with Crippen molar-refractivity contribution in [1.82, 2.24) is 14.5 Å². The first kappa shape index (κ1) is 33.8. The number of phenols is 1. The van der Waals surface area contributed by atoms with E-state index in [-0.39, 0.29) is 48.9 Å².